The number of para-hydroxylation sites is 1. The highest BCUT2D eigenvalue weighted by molar-refractivity contribution is 6.09. The second-order valence-electron chi connectivity index (χ2n) is 7.47. The van der Waals surface area contributed by atoms with Crippen molar-refractivity contribution in [1.82, 2.24) is 15.5 Å². The minimum Gasteiger partial charge on any atom is -0.497 e. The normalized spacial score (nSPS) is 22.7. The highest BCUT2D eigenvalue weighted by Crippen LogP contribution is 2.32. The molecule has 2 aromatic carbocycles. The second kappa shape index (κ2) is 7.70. The lowest BCUT2D eigenvalue weighted by molar-refractivity contribution is -0.135. The van der Waals surface area contributed by atoms with Crippen LogP contribution in [0.1, 0.15) is 30.5 Å². The molecule has 2 atom stereocenters. The lowest BCUT2D eigenvalue weighted by Gasteiger charge is -2.27. The average Bonchev–Trinajstić information content (AvgIpc) is 2.98. The van der Waals surface area contributed by atoms with Crippen LogP contribution in [0.25, 0.3) is 0 Å². The van der Waals surface area contributed by atoms with Gasteiger partial charge in [-0.25, -0.2) is 4.79 Å². The first-order valence-corrected chi connectivity index (χ1v) is 9.72. The van der Waals surface area contributed by atoms with Crippen molar-refractivity contribution in [2.24, 2.45) is 0 Å². The molecule has 0 radical (unpaired) electrons. The molecule has 0 aromatic heterocycles. The maximum absolute atomic E-state index is 13.0. The summed E-state index contributed by atoms with van der Waals surface area (Å²) in [6, 6.07) is 13.6. The number of rotatable bonds is 5. The van der Waals surface area contributed by atoms with Gasteiger partial charge in [-0.3, -0.25) is 14.5 Å². The van der Waals surface area contributed by atoms with E-state index in [2.05, 4.69) is 10.6 Å². The zero-order chi connectivity index (χ0) is 21.3. The highest BCUT2D eigenvalue weighted by Gasteiger charge is 2.49. The molecule has 2 aliphatic rings. The van der Waals surface area contributed by atoms with Crippen molar-refractivity contribution >= 4 is 17.8 Å². The van der Waals surface area contributed by atoms with Gasteiger partial charge in [-0.05, 0) is 30.7 Å². The SMILES string of the molecule is COc1ccc([C@]2(C)NC(=O)N(CC(=O)N[C@H]3CCOc4ccccc43)C2=O)cc1. The number of ether oxygens (including phenoxy) is 2. The largest absolute Gasteiger partial charge is 0.497 e. The van der Waals surface area contributed by atoms with Crippen molar-refractivity contribution in [3.63, 3.8) is 0 Å². The molecule has 1 saturated heterocycles. The molecule has 2 aliphatic heterocycles. The smallest absolute Gasteiger partial charge is 0.325 e. The Morgan fingerprint density at radius 3 is 2.70 bits per heavy atom. The Labute approximate surface area is 174 Å². The van der Waals surface area contributed by atoms with Crippen molar-refractivity contribution < 1.29 is 23.9 Å². The Morgan fingerprint density at radius 1 is 1.23 bits per heavy atom. The van der Waals surface area contributed by atoms with E-state index >= 15 is 0 Å². The van der Waals surface area contributed by atoms with E-state index in [0.717, 1.165) is 16.2 Å². The number of carbonyl (C=O) groups excluding carboxylic acids is 3. The fourth-order valence-electron chi connectivity index (χ4n) is 3.84. The van der Waals surface area contributed by atoms with Crippen LogP contribution in [0.3, 0.4) is 0 Å². The van der Waals surface area contributed by atoms with Crippen LogP contribution < -0.4 is 20.1 Å². The van der Waals surface area contributed by atoms with Crippen LogP contribution >= 0.6 is 0 Å². The van der Waals surface area contributed by atoms with Crippen molar-refractivity contribution in [3.8, 4) is 11.5 Å². The van der Waals surface area contributed by atoms with Crippen LogP contribution in [0, 0.1) is 0 Å². The van der Waals surface area contributed by atoms with Gasteiger partial charge in [-0.15, -0.1) is 0 Å². The molecule has 8 nitrogen and oxygen atoms in total. The first kappa shape index (κ1) is 19.8. The maximum atomic E-state index is 13.0. The number of imide groups is 1. The fourth-order valence-corrected chi connectivity index (χ4v) is 3.84. The van der Waals surface area contributed by atoms with Crippen molar-refractivity contribution in [2.75, 3.05) is 20.3 Å². The van der Waals surface area contributed by atoms with Crippen molar-refractivity contribution in [1.29, 1.82) is 0 Å². The summed E-state index contributed by atoms with van der Waals surface area (Å²) in [5.41, 5.74) is 0.259. The summed E-state index contributed by atoms with van der Waals surface area (Å²) in [5, 5.41) is 5.62. The van der Waals surface area contributed by atoms with Gasteiger partial charge < -0.3 is 20.1 Å². The van der Waals surface area contributed by atoms with E-state index in [9.17, 15) is 14.4 Å². The second-order valence-corrected chi connectivity index (χ2v) is 7.47. The van der Waals surface area contributed by atoms with E-state index in [4.69, 9.17) is 9.47 Å². The van der Waals surface area contributed by atoms with E-state index in [-0.39, 0.29) is 12.6 Å². The number of nitrogens with zero attached hydrogens (tertiary/aromatic N) is 1. The van der Waals surface area contributed by atoms with Gasteiger partial charge in [0, 0.05) is 12.0 Å². The van der Waals surface area contributed by atoms with Gasteiger partial charge in [0.05, 0.1) is 19.8 Å². The Morgan fingerprint density at radius 2 is 1.97 bits per heavy atom. The number of carbonyl (C=O) groups is 3. The van der Waals surface area contributed by atoms with Gasteiger partial charge in [0.2, 0.25) is 5.91 Å². The molecule has 0 saturated carbocycles. The Bertz CT molecular complexity index is 991. The number of benzene rings is 2. The zero-order valence-corrected chi connectivity index (χ0v) is 16.8. The summed E-state index contributed by atoms with van der Waals surface area (Å²) < 4.78 is 10.7. The Kier molecular flexibility index (Phi) is 5.07. The third kappa shape index (κ3) is 3.45. The van der Waals surface area contributed by atoms with Gasteiger partial charge in [0.25, 0.3) is 5.91 Å². The van der Waals surface area contributed by atoms with E-state index < -0.39 is 23.4 Å². The van der Waals surface area contributed by atoms with E-state index in [1.807, 2.05) is 24.3 Å². The average molecular weight is 409 g/mol. The monoisotopic (exact) mass is 409 g/mol. The number of urea groups is 1. The molecule has 0 bridgehead atoms. The number of hydrogen-bond donors (Lipinski definition) is 2. The van der Waals surface area contributed by atoms with Crippen LogP contribution in [0.4, 0.5) is 4.79 Å². The van der Waals surface area contributed by atoms with Crippen LogP contribution in [-0.4, -0.2) is 43.0 Å². The number of hydrogen-bond acceptors (Lipinski definition) is 5. The number of methoxy groups -OCH3 is 1. The summed E-state index contributed by atoms with van der Waals surface area (Å²) in [6.45, 7) is 1.76. The fraction of sp³-hybridized carbons (Fsp3) is 0.318. The zero-order valence-electron chi connectivity index (χ0n) is 16.8. The third-order valence-corrected chi connectivity index (χ3v) is 5.54. The van der Waals surface area contributed by atoms with E-state index in [0.29, 0.717) is 24.3 Å². The number of nitrogens with one attached hydrogen (secondary N) is 2. The van der Waals surface area contributed by atoms with Crippen LogP contribution in [0.2, 0.25) is 0 Å². The van der Waals surface area contributed by atoms with E-state index in [1.165, 1.54) is 0 Å². The molecule has 30 heavy (non-hydrogen) atoms. The molecule has 2 aromatic rings. The topological polar surface area (TPSA) is 97.0 Å². The molecule has 0 spiro atoms. The number of fused-ring (bicyclic) bond motifs is 1. The van der Waals surface area contributed by atoms with Crippen LogP contribution in [0.5, 0.6) is 11.5 Å². The molecule has 1 fully saturated rings. The minimum absolute atomic E-state index is 0.226. The molecule has 156 valence electrons. The van der Waals surface area contributed by atoms with Crippen LogP contribution in [0.15, 0.2) is 48.5 Å². The summed E-state index contributed by atoms with van der Waals surface area (Å²) in [5.74, 6) is 0.502. The first-order valence-electron chi connectivity index (χ1n) is 9.72. The maximum Gasteiger partial charge on any atom is 0.325 e. The summed E-state index contributed by atoms with van der Waals surface area (Å²) in [7, 11) is 1.55. The van der Waals surface area contributed by atoms with Gasteiger partial charge in [-0.2, -0.15) is 0 Å². The minimum atomic E-state index is -1.24. The van der Waals surface area contributed by atoms with Gasteiger partial charge in [0.15, 0.2) is 0 Å². The van der Waals surface area contributed by atoms with Gasteiger partial charge >= 0.3 is 6.03 Å². The molecule has 8 heteroatoms. The highest BCUT2D eigenvalue weighted by atomic mass is 16.5. The molecule has 0 aliphatic carbocycles. The summed E-state index contributed by atoms with van der Waals surface area (Å²) in [4.78, 5) is 39.1. The molecule has 4 amide bonds. The predicted molar refractivity (Wildman–Crippen MR) is 108 cm³/mol. The molecule has 2 N–H and O–H groups in total. The van der Waals surface area contributed by atoms with Crippen molar-refractivity contribution in [2.45, 2.75) is 24.9 Å². The standard InChI is InChI=1S/C22H23N3O5/c1-22(14-7-9-15(29-2)10-8-14)20(27)25(21(28)24-22)13-19(26)23-17-11-12-30-18-6-4-3-5-16(17)18/h3-10,17H,11-13H2,1-2H3,(H,23,26)(H,24,28)/t17-,22-/m0/s1. The molecule has 4 rings (SSSR count). The summed E-state index contributed by atoms with van der Waals surface area (Å²) in [6.07, 6.45) is 0.618. The lowest BCUT2D eigenvalue weighted by Crippen LogP contribution is -2.44. The van der Waals surface area contributed by atoms with Gasteiger partial charge in [0.1, 0.15) is 23.6 Å². The van der Waals surface area contributed by atoms with Gasteiger partial charge in [-0.1, -0.05) is 30.3 Å². The quantitative estimate of drug-likeness (QED) is 0.738. The number of amides is 4. The molecular formula is C22H23N3O5. The molecule has 0 unspecified atom stereocenters. The molecule has 2 heterocycles. The molecular weight excluding hydrogens is 386 g/mol. The third-order valence-electron chi connectivity index (χ3n) is 5.54. The lowest BCUT2D eigenvalue weighted by atomic mass is 9.92. The Hall–Kier alpha value is -3.55. The van der Waals surface area contributed by atoms with Crippen molar-refractivity contribution in [3.05, 3.63) is 59.7 Å². The van der Waals surface area contributed by atoms with E-state index in [1.54, 1.807) is 38.3 Å². The summed E-state index contributed by atoms with van der Waals surface area (Å²) >= 11 is 0. The Balaban J connectivity index is 1.46. The first-order chi connectivity index (χ1) is 14.4. The van der Waals surface area contributed by atoms with Crippen LogP contribution in [-0.2, 0) is 15.1 Å². The predicted octanol–water partition coefficient (Wildman–Crippen LogP) is 2.10.